The molecule has 5 heteroatoms. The van der Waals surface area contributed by atoms with Crippen molar-refractivity contribution >= 4 is 17.5 Å². The quantitative estimate of drug-likeness (QED) is 0.787. The fraction of sp³-hybridized carbons (Fsp3) is 0.600. The van der Waals surface area contributed by atoms with Crippen molar-refractivity contribution in [3.05, 3.63) is 29.3 Å². The van der Waals surface area contributed by atoms with Crippen molar-refractivity contribution in [2.75, 3.05) is 24.6 Å². The van der Waals surface area contributed by atoms with E-state index in [1.807, 2.05) is 6.07 Å². The number of anilines is 1. The Morgan fingerprint density at radius 2 is 1.92 bits per heavy atom. The number of hydrogen-bond donors (Lipinski definition) is 1. The first-order chi connectivity index (χ1) is 12.1. The number of nitrogens with one attached hydrogen (secondary N) is 1. The van der Waals surface area contributed by atoms with Crippen LogP contribution in [0, 0.1) is 0 Å². The zero-order valence-electron chi connectivity index (χ0n) is 15.6. The molecule has 1 heterocycles. The number of carbonyl (C=O) groups excluding carboxylic acids is 2. The summed E-state index contributed by atoms with van der Waals surface area (Å²) in [4.78, 5) is 26.2. The molecule has 1 saturated heterocycles. The fourth-order valence-electron chi connectivity index (χ4n) is 3.32. The summed E-state index contributed by atoms with van der Waals surface area (Å²) in [6, 6.07) is 6.15. The maximum atomic E-state index is 12.2. The van der Waals surface area contributed by atoms with Crippen LogP contribution in [0.5, 0.6) is 0 Å². The van der Waals surface area contributed by atoms with Gasteiger partial charge in [-0.1, -0.05) is 32.0 Å². The molecule has 1 aliphatic heterocycles. The molecule has 5 nitrogen and oxygen atoms in total. The van der Waals surface area contributed by atoms with Gasteiger partial charge in [-0.25, -0.2) is 0 Å². The van der Waals surface area contributed by atoms with Crippen molar-refractivity contribution in [2.45, 2.75) is 59.0 Å². The van der Waals surface area contributed by atoms with Crippen molar-refractivity contribution in [1.82, 2.24) is 5.32 Å². The molecule has 0 saturated carbocycles. The van der Waals surface area contributed by atoms with Crippen molar-refractivity contribution in [2.24, 2.45) is 0 Å². The van der Waals surface area contributed by atoms with Gasteiger partial charge >= 0.3 is 0 Å². The average Bonchev–Trinajstić information content (AvgIpc) is 3.13. The van der Waals surface area contributed by atoms with Crippen molar-refractivity contribution in [3.63, 3.8) is 0 Å². The summed E-state index contributed by atoms with van der Waals surface area (Å²) in [5.74, 6) is -0.0590. The van der Waals surface area contributed by atoms with Crippen LogP contribution in [0.2, 0.25) is 0 Å². The number of carbonyl (C=O) groups is 2. The third-order valence-corrected chi connectivity index (χ3v) is 4.73. The molecule has 138 valence electrons. The summed E-state index contributed by atoms with van der Waals surface area (Å²) in [5, 5.41) is 2.93. The maximum absolute atomic E-state index is 12.2. The van der Waals surface area contributed by atoms with Crippen LogP contribution in [0.3, 0.4) is 0 Å². The second kappa shape index (κ2) is 9.56. The van der Waals surface area contributed by atoms with E-state index in [2.05, 4.69) is 31.3 Å². The first-order valence-corrected chi connectivity index (χ1v) is 9.34. The minimum atomic E-state index is -0.0335. The van der Waals surface area contributed by atoms with Crippen molar-refractivity contribution < 1.29 is 14.3 Å². The molecule has 1 atom stereocenters. The molecule has 1 aromatic rings. The molecule has 1 aromatic carbocycles. The summed E-state index contributed by atoms with van der Waals surface area (Å²) in [7, 11) is 0. The highest BCUT2D eigenvalue weighted by Crippen LogP contribution is 2.27. The van der Waals surface area contributed by atoms with Crippen LogP contribution in [0.15, 0.2) is 18.2 Å². The molecule has 25 heavy (non-hydrogen) atoms. The SMILES string of the molecule is CCc1cccc(CC)c1N(CCC(=O)NCC1CCCO1)C(C)=O. The number of amides is 2. The van der Waals surface area contributed by atoms with Gasteiger partial charge in [0.1, 0.15) is 0 Å². The number of para-hydroxylation sites is 1. The monoisotopic (exact) mass is 346 g/mol. The summed E-state index contributed by atoms with van der Waals surface area (Å²) >= 11 is 0. The molecule has 1 fully saturated rings. The summed E-state index contributed by atoms with van der Waals surface area (Å²) < 4.78 is 5.52. The normalized spacial score (nSPS) is 16.7. The van der Waals surface area contributed by atoms with E-state index >= 15 is 0 Å². The molecule has 2 rings (SSSR count). The summed E-state index contributed by atoms with van der Waals surface area (Å²) in [6.07, 6.45) is 4.22. The predicted octanol–water partition coefficient (Wildman–Crippen LogP) is 2.85. The van der Waals surface area contributed by atoms with E-state index in [4.69, 9.17) is 4.74 Å². The molecular weight excluding hydrogens is 316 g/mol. The van der Waals surface area contributed by atoms with Crippen LogP contribution in [0.25, 0.3) is 0 Å². The fourth-order valence-corrected chi connectivity index (χ4v) is 3.32. The third-order valence-electron chi connectivity index (χ3n) is 4.73. The van der Waals surface area contributed by atoms with Gasteiger partial charge in [0, 0.05) is 38.7 Å². The van der Waals surface area contributed by atoms with E-state index in [9.17, 15) is 9.59 Å². The van der Waals surface area contributed by atoms with E-state index in [1.54, 1.807) is 11.8 Å². The lowest BCUT2D eigenvalue weighted by Gasteiger charge is -2.26. The molecule has 0 spiro atoms. The average molecular weight is 346 g/mol. The zero-order chi connectivity index (χ0) is 18.2. The van der Waals surface area contributed by atoms with Gasteiger partial charge in [0.15, 0.2) is 0 Å². The zero-order valence-corrected chi connectivity index (χ0v) is 15.6. The molecule has 0 aliphatic carbocycles. The Morgan fingerprint density at radius 1 is 1.24 bits per heavy atom. The van der Waals surface area contributed by atoms with Crippen LogP contribution in [-0.4, -0.2) is 37.6 Å². The number of ether oxygens (including phenoxy) is 1. The van der Waals surface area contributed by atoms with E-state index in [-0.39, 0.29) is 17.9 Å². The number of hydrogen-bond acceptors (Lipinski definition) is 3. The first kappa shape index (κ1) is 19.4. The van der Waals surface area contributed by atoms with E-state index in [0.29, 0.717) is 19.5 Å². The molecule has 0 aromatic heterocycles. The van der Waals surface area contributed by atoms with Crippen LogP contribution >= 0.6 is 0 Å². The highest BCUT2D eigenvalue weighted by molar-refractivity contribution is 5.94. The molecular formula is C20H30N2O3. The summed E-state index contributed by atoms with van der Waals surface area (Å²) in [6.45, 7) is 7.49. The highest BCUT2D eigenvalue weighted by atomic mass is 16.5. The van der Waals surface area contributed by atoms with Gasteiger partial charge in [-0.05, 0) is 36.8 Å². The third kappa shape index (κ3) is 5.30. The Morgan fingerprint density at radius 3 is 2.44 bits per heavy atom. The summed E-state index contributed by atoms with van der Waals surface area (Å²) in [5.41, 5.74) is 3.27. The molecule has 1 unspecified atom stereocenters. The number of aryl methyl sites for hydroxylation is 2. The maximum Gasteiger partial charge on any atom is 0.223 e. The van der Waals surface area contributed by atoms with Gasteiger partial charge in [-0.2, -0.15) is 0 Å². The van der Waals surface area contributed by atoms with Crippen molar-refractivity contribution in [1.29, 1.82) is 0 Å². The lowest BCUT2D eigenvalue weighted by molar-refractivity contribution is -0.121. The second-order valence-electron chi connectivity index (χ2n) is 6.49. The van der Waals surface area contributed by atoms with E-state index in [1.165, 1.54) is 0 Å². The van der Waals surface area contributed by atoms with Crippen molar-refractivity contribution in [3.8, 4) is 0 Å². The van der Waals surface area contributed by atoms with Gasteiger partial charge in [0.2, 0.25) is 11.8 Å². The van der Waals surface area contributed by atoms with Crippen LogP contribution < -0.4 is 10.2 Å². The van der Waals surface area contributed by atoms with Crippen LogP contribution in [0.1, 0.15) is 51.2 Å². The molecule has 2 amide bonds. The van der Waals surface area contributed by atoms with Gasteiger partial charge in [0.05, 0.1) is 6.10 Å². The Balaban J connectivity index is 2.01. The predicted molar refractivity (Wildman–Crippen MR) is 99.8 cm³/mol. The molecule has 0 radical (unpaired) electrons. The Bertz CT molecular complexity index is 572. The largest absolute Gasteiger partial charge is 0.376 e. The van der Waals surface area contributed by atoms with Gasteiger partial charge in [0.25, 0.3) is 0 Å². The number of benzene rings is 1. The van der Waals surface area contributed by atoms with E-state index in [0.717, 1.165) is 49.1 Å². The van der Waals surface area contributed by atoms with E-state index < -0.39 is 0 Å². The Labute approximate surface area is 150 Å². The second-order valence-corrected chi connectivity index (χ2v) is 6.49. The highest BCUT2D eigenvalue weighted by Gasteiger charge is 2.20. The standard InChI is InChI=1S/C20H30N2O3/c1-4-16-8-6-9-17(5-2)20(16)22(15(3)23)12-11-19(24)21-14-18-10-7-13-25-18/h6,8-9,18H,4-5,7,10-14H2,1-3H3,(H,21,24). The first-order valence-electron chi connectivity index (χ1n) is 9.34. The smallest absolute Gasteiger partial charge is 0.223 e. The minimum absolute atomic E-state index is 0.0254. The molecule has 0 bridgehead atoms. The topological polar surface area (TPSA) is 58.6 Å². The number of nitrogens with zero attached hydrogens (tertiary/aromatic N) is 1. The number of rotatable bonds is 8. The molecule has 1 aliphatic rings. The van der Waals surface area contributed by atoms with Gasteiger partial charge in [-0.3, -0.25) is 9.59 Å². The molecule has 1 N–H and O–H groups in total. The van der Waals surface area contributed by atoms with Crippen LogP contribution in [0.4, 0.5) is 5.69 Å². The van der Waals surface area contributed by atoms with Gasteiger partial charge < -0.3 is 15.0 Å². The lowest BCUT2D eigenvalue weighted by atomic mass is 10.0. The Kier molecular flexibility index (Phi) is 7.44. The lowest BCUT2D eigenvalue weighted by Crippen LogP contribution is -2.37. The Hall–Kier alpha value is -1.88. The minimum Gasteiger partial charge on any atom is -0.376 e. The van der Waals surface area contributed by atoms with Crippen LogP contribution in [-0.2, 0) is 27.2 Å². The van der Waals surface area contributed by atoms with Gasteiger partial charge in [-0.15, -0.1) is 0 Å².